The molecule has 0 spiro atoms. The zero-order chi connectivity index (χ0) is 35.9. The Bertz CT molecular complexity index is 1160. The molecule has 48 heavy (non-hydrogen) atoms. The molecule has 0 heterocycles. The molecule has 1 aromatic rings. The SMILES string of the molecule is C#CCCC(O)C(O)C(CC1CCCCC1)NC(=O)[C@H](CC#C)NC(=O)C(CC(=O)N(C)CCN(C)CF)Cc1ccccc1.FCF. The summed E-state index contributed by atoms with van der Waals surface area (Å²) in [5, 5.41) is 27.3. The maximum atomic E-state index is 13.7. The molecule has 2 rings (SSSR count). The number of carbonyl (C=O) groups excluding carboxylic acids is 3. The summed E-state index contributed by atoms with van der Waals surface area (Å²) in [5.41, 5.74) is 0.847. The van der Waals surface area contributed by atoms with Crippen LogP contribution in [0.4, 0.5) is 13.2 Å². The first kappa shape index (κ1) is 42.4. The molecule has 3 amide bonds. The van der Waals surface area contributed by atoms with Crippen molar-refractivity contribution >= 4 is 17.7 Å². The number of terminal acetylenes is 2. The molecule has 1 aliphatic carbocycles. The van der Waals surface area contributed by atoms with Crippen molar-refractivity contribution in [2.24, 2.45) is 11.8 Å². The molecule has 268 valence electrons. The van der Waals surface area contributed by atoms with E-state index in [0.717, 1.165) is 37.7 Å². The first-order valence-electron chi connectivity index (χ1n) is 16.5. The summed E-state index contributed by atoms with van der Waals surface area (Å²) in [5.74, 6) is 3.03. The number of aliphatic hydroxyl groups excluding tert-OH is 2. The standard InChI is InChI=1S/C35H51FN4O5.CH2F2/c1-5-7-19-31(41)33(43)30(23-27-17-12-9-13-18-27)38-35(45)29(14-6-2)37-34(44)28(22-26-15-10-8-11-16-26)24-32(42)40(4)21-20-39(3)25-36;2-1-3/h1-2,8,10-11,15-16,27-31,33,41,43H,7,9,12-14,17-25H2,3-4H3,(H,37,44)(H,38,45);1H2/t28?,29-,30?,31?,33?;/m0./s1. The number of alkyl halides is 3. The quantitative estimate of drug-likeness (QED) is 0.131. The van der Waals surface area contributed by atoms with Crippen molar-refractivity contribution in [3.63, 3.8) is 0 Å². The fourth-order valence-corrected chi connectivity index (χ4v) is 5.66. The topological polar surface area (TPSA) is 122 Å². The minimum Gasteiger partial charge on any atom is -0.390 e. The predicted octanol–water partition coefficient (Wildman–Crippen LogP) is 3.53. The van der Waals surface area contributed by atoms with E-state index < -0.39 is 55.8 Å². The van der Waals surface area contributed by atoms with Crippen LogP contribution in [-0.2, 0) is 20.8 Å². The first-order chi connectivity index (χ1) is 23.0. The van der Waals surface area contributed by atoms with Gasteiger partial charge in [0, 0.05) is 39.4 Å². The minimum atomic E-state index is -1.75. The Morgan fingerprint density at radius 2 is 1.60 bits per heavy atom. The molecule has 1 aromatic carbocycles. The Morgan fingerprint density at radius 1 is 0.958 bits per heavy atom. The van der Waals surface area contributed by atoms with Crippen LogP contribution in [0.5, 0.6) is 0 Å². The van der Waals surface area contributed by atoms with Gasteiger partial charge in [-0.15, -0.1) is 24.7 Å². The number of aliphatic hydroxyl groups is 2. The summed E-state index contributed by atoms with van der Waals surface area (Å²) < 4.78 is 32.1. The van der Waals surface area contributed by atoms with Gasteiger partial charge in [0.05, 0.1) is 18.1 Å². The van der Waals surface area contributed by atoms with Crippen LogP contribution in [0.1, 0.15) is 69.8 Å². The highest BCUT2D eigenvalue weighted by molar-refractivity contribution is 5.91. The van der Waals surface area contributed by atoms with Gasteiger partial charge in [0.15, 0.2) is 0 Å². The van der Waals surface area contributed by atoms with E-state index in [9.17, 15) is 37.8 Å². The van der Waals surface area contributed by atoms with Gasteiger partial charge in [0.1, 0.15) is 18.9 Å². The van der Waals surface area contributed by atoms with Gasteiger partial charge in [-0.25, -0.2) is 13.2 Å². The van der Waals surface area contributed by atoms with Gasteiger partial charge in [-0.3, -0.25) is 19.3 Å². The highest BCUT2D eigenvalue weighted by Crippen LogP contribution is 2.29. The maximum absolute atomic E-state index is 13.7. The second kappa shape index (κ2) is 24.5. The van der Waals surface area contributed by atoms with Crippen molar-refractivity contribution < 1.29 is 37.8 Å². The van der Waals surface area contributed by atoms with E-state index in [-0.39, 0.29) is 43.9 Å². The monoisotopic (exact) mass is 678 g/mol. The van der Waals surface area contributed by atoms with E-state index in [1.807, 2.05) is 30.3 Å². The van der Waals surface area contributed by atoms with E-state index in [4.69, 9.17) is 12.8 Å². The van der Waals surface area contributed by atoms with Gasteiger partial charge in [-0.1, -0.05) is 62.4 Å². The Morgan fingerprint density at radius 3 is 2.19 bits per heavy atom. The average Bonchev–Trinajstić information content (AvgIpc) is 3.09. The number of likely N-dealkylation sites (N-methyl/N-ethyl adjacent to an activating group) is 2. The molecule has 9 nitrogen and oxygen atoms in total. The Hall–Kier alpha value is -3.58. The highest BCUT2D eigenvalue weighted by Gasteiger charge is 2.34. The molecular weight excluding hydrogens is 625 g/mol. The molecule has 1 fully saturated rings. The van der Waals surface area contributed by atoms with Gasteiger partial charge in [0.25, 0.3) is 0 Å². The second-order valence-electron chi connectivity index (χ2n) is 12.3. The highest BCUT2D eigenvalue weighted by atomic mass is 19.3. The number of hydrogen-bond donors (Lipinski definition) is 4. The smallest absolute Gasteiger partial charge is 0.243 e. The molecule has 0 bridgehead atoms. The van der Waals surface area contributed by atoms with E-state index in [1.54, 1.807) is 14.1 Å². The van der Waals surface area contributed by atoms with Crippen molar-refractivity contribution in [2.45, 2.75) is 94.9 Å². The molecule has 1 saturated carbocycles. The average molecular weight is 679 g/mol. The minimum absolute atomic E-state index is 0.106. The van der Waals surface area contributed by atoms with Gasteiger partial charge in [0.2, 0.25) is 24.6 Å². The number of amides is 3. The van der Waals surface area contributed by atoms with Crippen LogP contribution in [0, 0.1) is 36.5 Å². The lowest BCUT2D eigenvalue weighted by Gasteiger charge is -2.33. The van der Waals surface area contributed by atoms with Crippen molar-refractivity contribution in [3.8, 4) is 24.7 Å². The molecule has 4 N–H and O–H groups in total. The molecule has 12 heteroatoms. The lowest BCUT2D eigenvalue weighted by Crippen LogP contribution is -2.55. The summed E-state index contributed by atoms with van der Waals surface area (Å²) in [7, 11) is 3.22. The maximum Gasteiger partial charge on any atom is 0.243 e. The Labute approximate surface area is 284 Å². The lowest BCUT2D eigenvalue weighted by molar-refractivity contribution is -0.137. The summed E-state index contributed by atoms with van der Waals surface area (Å²) >= 11 is 0. The van der Waals surface area contributed by atoms with Crippen molar-refractivity contribution in [3.05, 3.63) is 35.9 Å². The van der Waals surface area contributed by atoms with E-state index in [0.29, 0.717) is 19.5 Å². The van der Waals surface area contributed by atoms with Crippen LogP contribution < -0.4 is 10.6 Å². The summed E-state index contributed by atoms with van der Waals surface area (Å²) in [6, 6.07) is 7.38. The fourth-order valence-electron chi connectivity index (χ4n) is 5.66. The second-order valence-corrected chi connectivity index (χ2v) is 12.3. The summed E-state index contributed by atoms with van der Waals surface area (Å²) in [4.78, 5) is 43.3. The molecule has 4 unspecified atom stereocenters. The predicted molar refractivity (Wildman–Crippen MR) is 180 cm³/mol. The number of nitrogens with zero attached hydrogens (tertiary/aromatic N) is 2. The van der Waals surface area contributed by atoms with E-state index in [2.05, 4.69) is 22.5 Å². The molecule has 0 saturated heterocycles. The van der Waals surface area contributed by atoms with Crippen molar-refractivity contribution in [2.75, 3.05) is 40.9 Å². The van der Waals surface area contributed by atoms with Crippen molar-refractivity contribution in [1.82, 2.24) is 20.4 Å². The third-order valence-electron chi connectivity index (χ3n) is 8.55. The van der Waals surface area contributed by atoms with Gasteiger partial charge in [-0.05, 0) is 37.8 Å². The van der Waals surface area contributed by atoms with Gasteiger partial charge in [-0.2, -0.15) is 0 Å². The number of hydrogen-bond acceptors (Lipinski definition) is 6. The molecule has 1 aliphatic rings. The molecule has 0 aliphatic heterocycles. The van der Waals surface area contributed by atoms with Gasteiger partial charge >= 0.3 is 0 Å². The lowest BCUT2D eigenvalue weighted by atomic mass is 9.82. The molecular formula is C36H53F3N4O5. The van der Waals surface area contributed by atoms with Crippen LogP contribution in [0.3, 0.4) is 0 Å². The zero-order valence-electron chi connectivity index (χ0n) is 28.3. The van der Waals surface area contributed by atoms with Crippen molar-refractivity contribution in [1.29, 1.82) is 0 Å². The number of halogens is 3. The number of nitrogens with one attached hydrogen (secondary N) is 2. The number of rotatable bonds is 19. The van der Waals surface area contributed by atoms with Crippen LogP contribution in [0.25, 0.3) is 0 Å². The fraction of sp³-hybridized carbons (Fsp3) is 0.639. The van der Waals surface area contributed by atoms with Gasteiger partial charge < -0.3 is 25.7 Å². The molecule has 5 atom stereocenters. The first-order valence-corrected chi connectivity index (χ1v) is 16.5. The molecule has 0 radical (unpaired) electrons. The van der Waals surface area contributed by atoms with Crippen LogP contribution in [0.2, 0.25) is 0 Å². The summed E-state index contributed by atoms with van der Waals surface area (Å²) in [6.45, 7) is -1.76. The third-order valence-corrected chi connectivity index (χ3v) is 8.55. The van der Waals surface area contributed by atoms with Crippen LogP contribution in [-0.4, -0.2) is 103 Å². The van der Waals surface area contributed by atoms with E-state index >= 15 is 0 Å². The van der Waals surface area contributed by atoms with E-state index in [1.165, 1.54) is 9.80 Å². The zero-order valence-corrected chi connectivity index (χ0v) is 28.3. The van der Waals surface area contributed by atoms with Crippen LogP contribution >= 0.6 is 0 Å². The largest absolute Gasteiger partial charge is 0.390 e. The number of benzene rings is 1. The Balaban J connectivity index is 0.00000369. The third kappa shape index (κ3) is 16.5. The van der Waals surface area contributed by atoms with Crippen LogP contribution in [0.15, 0.2) is 30.3 Å². The molecule has 0 aromatic heterocycles. The number of carbonyl (C=O) groups is 3. The summed E-state index contributed by atoms with van der Waals surface area (Å²) in [6.07, 6.45) is 14.8. The normalized spacial score (nSPS) is 16.1. The Kier molecular flexibility index (Phi) is 21.7.